The zero-order valence-electron chi connectivity index (χ0n) is 11.4. The van der Waals surface area contributed by atoms with Crippen LogP contribution in [0.25, 0.3) is 0 Å². The predicted molar refractivity (Wildman–Crippen MR) is 73.0 cm³/mol. The van der Waals surface area contributed by atoms with Crippen LogP contribution in [0, 0.1) is 17.8 Å². The number of nitrogens with one attached hydrogen (secondary N) is 1. The molecular weight excluding hydrogens is 242 g/mol. The molecule has 2 aliphatic rings. The van der Waals surface area contributed by atoms with E-state index in [0.717, 1.165) is 38.5 Å². The van der Waals surface area contributed by atoms with Gasteiger partial charge in [-0.3, -0.25) is 9.59 Å². The van der Waals surface area contributed by atoms with Crippen molar-refractivity contribution in [3.63, 3.8) is 0 Å². The molecule has 2 aliphatic carbocycles. The molecule has 2 fully saturated rings. The second kappa shape index (κ2) is 6.37. The summed E-state index contributed by atoms with van der Waals surface area (Å²) in [6.45, 7) is 0.590. The third-order valence-corrected chi connectivity index (χ3v) is 4.72. The van der Waals surface area contributed by atoms with Crippen LogP contribution in [0.4, 0.5) is 0 Å². The molecule has 2 rings (SSSR count). The molecule has 4 atom stereocenters. The highest BCUT2D eigenvalue weighted by Gasteiger charge is 2.34. The lowest BCUT2D eigenvalue weighted by molar-refractivity contribution is -0.128. The van der Waals surface area contributed by atoms with Crippen molar-refractivity contribution in [2.24, 2.45) is 29.2 Å². The van der Waals surface area contributed by atoms with Gasteiger partial charge in [-0.2, -0.15) is 0 Å². The minimum Gasteiger partial charge on any atom is -0.369 e. The van der Waals surface area contributed by atoms with Crippen molar-refractivity contribution in [1.29, 1.82) is 0 Å². The van der Waals surface area contributed by atoms with Gasteiger partial charge in [-0.25, -0.2) is 0 Å². The van der Waals surface area contributed by atoms with Gasteiger partial charge in [-0.1, -0.05) is 12.8 Å². The van der Waals surface area contributed by atoms with Gasteiger partial charge < -0.3 is 16.8 Å². The van der Waals surface area contributed by atoms with Crippen LogP contribution in [0.5, 0.6) is 0 Å². The number of carbonyl (C=O) groups excluding carboxylic acids is 2. The highest BCUT2D eigenvalue weighted by molar-refractivity contribution is 5.80. The summed E-state index contributed by atoms with van der Waals surface area (Å²) >= 11 is 0. The Labute approximate surface area is 114 Å². The van der Waals surface area contributed by atoms with Gasteiger partial charge in [0.2, 0.25) is 11.8 Å². The van der Waals surface area contributed by atoms with Crippen LogP contribution in [0.15, 0.2) is 0 Å². The fourth-order valence-electron chi connectivity index (χ4n) is 3.55. The van der Waals surface area contributed by atoms with E-state index in [4.69, 9.17) is 11.5 Å². The maximum absolute atomic E-state index is 12.3. The lowest BCUT2D eigenvalue weighted by Gasteiger charge is -2.29. The van der Waals surface area contributed by atoms with E-state index >= 15 is 0 Å². The van der Waals surface area contributed by atoms with Crippen molar-refractivity contribution in [2.75, 3.05) is 6.54 Å². The van der Waals surface area contributed by atoms with Gasteiger partial charge in [0, 0.05) is 17.9 Å². The monoisotopic (exact) mass is 267 g/mol. The molecule has 0 heterocycles. The SMILES string of the molecule is NC[C@H]1CCC[C@H]1C(=O)NC1CCCC(C(N)=O)C1. The number of hydrogen-bond donors (Lipinski definition) is 3. The Hall–Kier alpha value is -1.10. The minimum atomic E-state index is -0.236. The van der Waals surface area contributed by atoms with Crippen molar-refractivity contribution in [1.82, 2.24) is 5.32 Å². The van der Waals surface area contributed by atoms with Gasteiger partial charge in [0.15, 0.2) is 0 Å². The smallest absolute Gasteiger partial charge is 0.223 e. The van der Waals surface area contributed by atoms with Gasteiger partial charge in [-0.05, 0) is 44.6 Å². The topological polar surface area (TPSA) is 98.2 Å². The second-order valence-corrected chi connectivity index (χ2v) is 6.00. The molecule has 5 N–H and O–H groups in total. The van der Waals surface area contributed by atoms with Gasteiger partial charge in [0.05, 0.1) is 0 Å². The maximum atomic E-state index is 12.3. The van der Waals surface area contributed by atoms with Crippen LogP contribution in [0.3, 0.4) is 0 Å². The highest BCUT2D eigenvalue weighted by atomic mass is 16.2. The summed E-state index contributed by atoms with van der Waals surface area (Å²) in [5, 5.41) is 3.11. The van der Waals surface area contributed by atoms with Crippen molar-refractivity contribution in [3.8, 4) is 0 Å². The Morgan fingerprint density at radius 2 is 1.84 bits per heavy atom. The van der Waals surface area contributed by atoms with E-state index in [9.17, 15) is 9.59 Å². The zero-order chi connectivity index (χ0) is 13.8. The zero-order valence-corrected chi connectivity index (χ0v) is 11.4. The molecule has 0 aromatic rings. The Morgan fingerprint density at radius 3 is 2.53 bits per heavy atom. The fraction of sp³-hybridized carbons (Fsp3) is 0.857. The van der Waals surface area contributed by atoms with Gasteiger partial charge in [-0.15, -0.1) is 0 Å². The molecule has 108 valence electrons. The Balaban J connectivity index is 1.86. The number of amides is 2. The highest BCUT2D eigenvalue weighted by Crippen LogP contribution is 2.32. The first kappa shape index (κ1) is 14.3. The molecule has 0 saturated heterocycles. The largest absolute Gasteiger partial charge is 0.369 e. The summed E-state index contributed by atoms with van der Waals surface area (Å²) in [6, 6.07) is 0.109. The van der Waals surface area contributed by atoms with E-state index < -0.39 is 0 Å². The molecule has 2 amide bonds. The Morgan fingerprint density at radius 1 is 1.11 bits per heavy atom. The normalized spacial score (nSPS) is 35.0. The predicted octanol–water partition coefficient (Wildman–Crippen LogP) is 0.522. The molecule has 2 unspecified atom stereocenters. The summed E-state index contributed by atoms with van der Waals surface area (Å²) in [5.41, 5.74) is 11.1. The molecule has 5 heteroatoms. The summed E-state index contributed by atoms with van der Waals surface area (Å²) in [6.07, 6.45) is 6.56. The van der Waals surface area contributed by atoms with E-state index in [2.05, 4.69) is 5.32 Å². The molecule has 19 heavy (non-hydrogen) atoms. The molecule has 0 bridgehead atoms. The standard InChI is InChI=1S/C14H25N3O2/c15-8-10-4-2-6-12(10)14(19)17-11-5-1-3-9(7-11)13(16)18/h9-12H,1-8,15H2,(H2,16,18)(H,17,19)/t9?,10-,11?,12-/m1/s1. The molecule has 2 saturated carbocycles. The first-order valence-corrected chi connectivity index (χ1v) is 7.41. The molecule has 0 radical (unpaired) electrons. The number of carbonyl (C=O) groups is 2. The number of rotatable bonds is 4. The number of nitrogens with two attached hydrogens (primary N) is 2. The summed E-state index contributed by atoms with van der Waals surface area (Å²) in [7, 11) is 0. The molecule has 0 aromatic heterocycles. The quantitative estimate of drug-likeness (QED) is 0.692. The molecule has 0 aliphatic heterocycles. The van der Waals surface area contributed by atoms with Crippen molar-refractivity contribution in [3.05, 3.63) is 0 Å². The molecule has 0 aromatic carbocycles. The lowest BCUT2D eigenvalue weighted by Crippen LogP contribution is -2.44. The van der Waals surface area contributed by atoms with Gasteiger partial charge in [0.1, 0.15) is 0 Å². The van der Waals surface area contributed by atoms with Crippen LogP contribution >= 0.6 is 0 Å². The van der Waals surface area contributed by atoms with Crippen LogP contribution in [-0.2, 0) is 9.59 Å². The number of primary amides is 1. The average molecular weight is 267 g/mol. The van der Waals surface area contributed by atoms with E-state index in [-0.39, 0.29) is 29.7 Å². The third-order valence-electron chi connectivity index (χ3n) is 4.72. The van der Waals surface area contributed by atoms with Crippen molar-refractivity contribution in [2.45, 2.75) is 51.0 Å². The fourth-order valence-corrected chi connectivity index (χ4v) is 3.55. The Kier molecular flexibility index (Phi) is 4.80. The molecular formula is C14H25N3O2. The minimum absolute atomic E-state index is 0.0685. The molecule has 5 nitrogen and oxygen atoms in total. The van der Waals surface area contributed by atoms with E-state index in [1.807, 2.05) is 0 Å². The summed E-state index contributed by atoms with van der Waals surface area (Å²) < 4.78 is 0. The first-order chi connectivity index (χ1) is 9.11. The van der Waals surface area contributed by atoms with Crippen LogP contribution in [0.1, 0.15) is 44.9 Å². The lowest BCUT2D eigenvalue weighted by atomic mass is 9.84. The maximum Gasteiger partial charge on any atom is 0.223 e. The van der Waals surface area contributed by atoms with E-state index in [0.29, 0.717) is 18.9 Å². The summed E-state index contributed by atoms with van der Waals surface area (Å²) in [5.74, 6) is 0.213. The summed E-state index contributed by atoms with van der Waals surface area (Å²) in [4.78, 5) is 23.5. The van der Waals surface area contributed by atoms with Gasteiger partial charge >= 0.3 is 0 Å². The average Bonchev–Trinajstić information content (AvgIpc) is 2.87. The van der Waals surface area contributed by atoms with Crippen LogP contribution in [-0.4, -0.2) is 24.4 Å². The van der Waals surface area contributed by atoms with E-state index in [1.165, 1.54) is 0 Å². The molecule has 0 spiro atoms. The Bertz CT molecular complexity index is 346. The van der Waals surface area contributed by atoms with Crippen molar-refractivity contribution >= 4 is 11.8 Å². The third kappa shape index (κ3) is 3.47. The van der Waals surface area contributed by atoms with Crippen molar-refractivity contribution < 1.29 is 9.59 Å². The van der Waals surface area contributed by atoms with Crippen LogP contribution < -0.4 is 16.8 Å². The van der Waals surface area contributed by atoms with E-state index in [1.54, 1.807) is 0 Å². The number of hydrogen-bond acceptors (Lipinski definition) is 3. The second-order valence-electron chi connectivity index (χ2n) is 6.00. The van der Waals surface area contributed by atoms with Crippen LogP contribution in [0.2, 0.25) is 0 Å². The first-order valence-electron chi connectivity index (χ1n) is 7.41. The van der Waals surface area contributed by atoms with Gasteiger partial charge in [0.25, 0.3) is 0 Å².